The summed E-state index contributed by atoms with van der Waals surface area (Å²) in [4.78, 5) is 3.99. The molecular formula is C18H12F4N5+. The number of halogens is 4. The lowest BCUT2D eigenvalue weighted by Crippen LogP contribution is -2.43. The van der Waals surface area contributed by atoms with E-state index in [0.717, 1.165) is 12.1 Å². The molecule has 5 nitrogen and oxygen atoms in total. The molecule has 9 heteroatoms. The van der Waals surface area contributed by atoms with Crippen molar-refractivity contribution in [3.8, 4) is 6.07 Å². The number of rotatable bonds is 3. The van der Waals surface area contributed by atoms with Crippen LogP contribution in [0.25, 0.3) is 11.2 Å². The normalized spacial score (nSPS) is 12.6. The third-order valence-electron chi connectivity index (χ3n) is 3.91. The minimum atomic E-state index is -4.85. The van der Waals surface area contributed by atoms with Crippen LogP contribution in [-0.4, -0.2) is 21.3 Å². The molecule has 0 bridgehead atoms. The van der Waals surface area contributed by atoms with Crippen molar-refractivity contribution >= 4 is 16.9 Å². The molecule has 3 rings (SSSR count). The van der Waals surface area contributed by atoms with Gasteiger partial charge < -0.3 is 5.73 Å². The molecule has 0 fully saturated rings. The number of hydrogen-bond acceptors (Lipinski definition) is 3. The van der Waals surface area contributed by atoms with E-state index in [4.69, 9.17) is 16.4 Å². The molecule has 2 heterocycles. The predicted molar refractivity (Wildman–Crippen MR) is 89.5 cm³/mol. The number of fused-ring (bicyclic) bond motifs is 1. The second-order valence-corrected chi connectivity index (χ2v) is 5.61. The third-order valence-corrected chi connectivity index (χ3v) is 3.91. The topological polar surface area (TPSA) is 92.7 Å². The molecule has 0 aliphatic carbocycles. The zero-order chi connectivity index (χ0) is 19.8. The highest BCUT2D eigenvalue weighted by molar-refractivity contribution is 6.29. The number of nitriles is 1. The van der Waals surface area contributed by atoms with Gasteiger partial charge >= 0.3 is 6.18 Å². The first-order valence-electron chi connectivity index (χ1n) is 7.55. The first-order valence-corrected chi connectivity index (χ1v) is 7.55. The third kappa shape index (κ3) is 3.37. The summed E-state index contributed by atoms with van der Waals surface area (Å²) in [7, 11) is 0. The summed E-state index contributed by atoms with van der Waals surface area (Å²) in [5.41, 5.74) is 3.95. The van der Waals surface area contributed by atoms with E-state index in [1.165, 1.54) is 41.1 Å². The van der Waals surface area contributed by atoms with E-state index in [9.17, 15) is 17.6 Å². The number of alkyl halides is 3. The van der Waals surface area contributed by atoms with Gasteiger partial charge in [0.1, 0.15) is 28.9 Å². The summed E-state index contributed by atoms with van der Waals surface area (Å²) in [5, 5.41) is 15.1. The number of nitrogens with two attached hydrogens (primary N) is 2. The van der Waals surface area contributed by atoms with Crippen LogP contribution in [0.15, 0.2) is 54.5 Å². The van der Waals surface area contributed by atoms with Crippen LogP contribution in [-0.2, 0) is 0 Å². The monoisotopic (exact) mass is 374 g/mol. The number of hydrogen-bond donors (Lipinski definition) is 2. The van der Waals surface area contributed by atoms with Gasteiger partial charge in [0.2, 0.25) is 5.71 Å². The summed E-state index contributed by atoms with van der Waals surface area (Å²) in [6.07, 6.45) is -2.25. The first kappa shape index (κ1) is 18.1. The summed E-state index contributed by atoms with van der Waals surface area (Å²) in [6.45, 7) is 0. The Hall–Kier alpha value is -3.67. The second-order valence-electron chi connectivity index (χ2n) is 5.61. The van der Waals surface area contributed by atoms with Gasteiger partial charge in [-0.3, -0.25) is 9.81 Å². The van der Waals surface area contributed by atoms with Gasteiger partial charge in [0.15, 0.2) is 0 Å². The SMILES string of the molecule is N#Cc1cnc2ccc(/C(C(=[NH2+])c3ccc(F)cc3)=C(/N)C(F)(F)F)cn12. The Bertz CT molecular complexity index is 1100. The highest BCUT2D eigenvalue weighted by Gasteiger charge is 2.37. The molecule has 0 amide bonds. The number of benzene rings is 1. The van der Waals surface area contributed by atoms with Crippen LogP contribution >= 0.6 is 0 Å². The molecular weight excluding hydrogens is 362 g/mol. The molecule has 0 aliphatic heterocycles. The molecule has 136 valence electrons. The average molecular weight is 374 g/mol. The quantitative estimate of drug-likeness (QED) is 0.541. The molecule has 0 radical (unpaired) electrons. The fourth-order valence-corrected chi connectivity index (χ4v) is 2.58. The summed E-state index contributed by atoms with van der Waals surface area (Å²) in [5.74, 6) is -0.556. The lowest BCUT2D eigenvalue weighted by atomic mass is 9.95. The number of allylic oxidation sites excluding steroid dienone is 2. The summed E-state index contributed by atoms with van der Waals surface area (Å²) >= 11 is 0. The van der Waals surface area contributed by atoms with E-state index in [2.05, 4.69) is 4.98 Å². The molecule has 3 aromatic rings. The van der Waals surface area contributed by atoms with E-state index >= 15 is 0 Å². The predicted octanol–water partition coefficient (Wildman–Crippen LogP) is 1.83. The van der Waals surface area contributed by atoms with Crippen molar-refractivity contribution in [1.29, 1.82) is 5.26 Å². The number of aromatic nitrogens is 2. The largest absolute Gasteiger partial charge is 0.431 e. The van der Waals surface area contributed by atoms with E-state index in [0.29, 0.717) is 5.65 Å². The Morgan fingerprint density at radius 3 is 2.33 bits per heavy atom. The molecule has 0 aliphatic rings. The smallest absolute Gasteiger partial charge is 0.394 e. The molecule has 0 unspecified atom stereocenters. The van der Waals surface area contributed by atoms with Gasteiger partial charge in [0.25, 0.3) is 0 Å². The highest BCUT2D eigenvalue weighted by Crippen LogP contribution is 2.31. The van der Waals surface area contributed by atoms with Gasteiger partial charge in [-0.2, -0.15) is 18.4 Å². The molecule has 0 saturated carbocycles. The number of imidazole rings is 1. The Kier molecular flexibility index (Phi) is 4.41. The molecule has 2 aromatic heterocycles. The Labute approximate surface area is 150 Å². The summed E-state index contributed by atoms with van der Waals surface area (Å²) in [6, 6.07) is 9.37. The molecule has 0 spiro atoms. The van der Waals surface area contributed by atoms with Gasteiger partial charge in [-0.1, -0.05) is 0 Å². The zero-order valence-corrected chi connectivity index (χ0v) is 13.6. The first-order chi connectivity index (χ1) is 12.7. The minimum absolute atomic E-state index is 0.0358. The Morgan fingerprint density at radius 2 is 1.74 bits per heavy atom. The molecule has 1 aromatic carbocycles. The van der Waals surface area contributed by atoms with Gasteiger partial charge in [0.05, 0.1) is 11.8 Å². The molecule has 0 saturated heterocycles. The Morgan fingerprint density at radius 1 is 1.11 bits per heavy atom. The average Bonchev–Trinajstić information content (AvgIpc) is 3.04. The maximum atomic E-state index is 13.3. The minimum Gasteiger partial charge on any atom is -0.394 e. The van der Waals surface area contributed by atoms with Crippen molar-refractivity contribution in [2.24, 2.45) is 5.73 Å². The van der Waals surface area contributed by atoms with Crippen molar-refractivity contribution in [2.75, 3.05) is 0 Å². The lowest BCUT2D eigenvalue weighted by molar-refractivity contribution is -0.111. The van der Waals surface area contributed by atoms with Crippen LogP contribution in [0.3, 0.4) is 0 Å². The van der Waals surface area contributed by atoms with E-state index in [-0.39, 0.29) is 22.5 Å². The van der Waals surface area contributed by atoms with Crippen LogP contribution in [0.2, 0.25) is 0 Å². The van der Waals surface area contributed by atoms with Crippen LogP contribution in [0.4, 0.5) is 17.6 Å². The van der Waals surface area contributed by atoms with E-state index in [1.54, 1.807) is 0 Å². The molecule has 27 heavy (non-hydrogen) atoms. The van der Waals surface area contributed by atoms with Gasteiger partial charge in [0, 0.05) is 17.3 Å². The maximum absolute atomic E-state index is 13.3. The van der Waals surface area contributed by atoms with Gasteiger partial charge in [-0.15, -0.1) is 0 Å². The zero-order valence-electron chi connectivity index (χ0n) is 13.6. The van der Waals surface area contributed by atoms with Crippen molar-refractivity contribution in [2.45, 2.75) is 6.18 Å². The van der Waals surface area contributed by atoms with Crippen molar-refractivity contribution < 1.29 is 23.0 Å². The maximum Gasteiger partial charge on any atom is 0.431 e. The fourth-order valence-electron chi connectivity index (χ4n) is 2.58. The van der Waals surface area contributed by atoms with Crippen LogP contribution in [0, 0.1) is 17.1 Å². The van der Waals surface area contributed by atoms with Crippen LogP contribution in [0.5, 0.6) is 0 Å². The van der Waals surface area contributed by atoms with Crippen molar-refractivity contribution in [3.63, 3.8) is 0 Å². The standard InChI is InChI=1S/C18H11F4N5/c19-12-4-1-10(2-5-12)16(24)15(17(25)18(20,21)22)11-3-6-14-26-8-13(7-23)27(14)9-11/h1-6,8-9,24H,25H2/p+1/b17-15-,24-16?. The van der Waals surface area contributed by atoms with Gasteiger partial charge in [-0.25, -0.2) is 9.37 Å². The van der Waals surface area contributed by atoms with Gasteiger partial charge in [-0.05, 0) is 36.4 Å². The van der Waals surface area contributed by atoms with Crippen LogP contribution < -0.4 is 11.1 Å². The second kappa shape index (κ2) is 6.57. The van der Waals surface area contributed by atoms with Crippen molar-refractivity contribution in [3.05, 3.63) is 77.1 Å². The summed E-state index contributed by atoms with van der Waals surface area (Å²) < 4.78 is 54.5. The number of pyridine rings is 1. The highest BCUT2D eigenvalue weighted by atomic mass is 19.4. The lowest BCUT2D eigenvalue weighted by Gasteiger charge is -2.14. The van der Waals surface area contributed by atoms with E-state index in [1.807, 2.05) is 6.07 Å². The van der Waals surface area contributed by atoms with Crippen molar-refractivity contribution in [1.82, 2.24) is 9.38 Å². The molecule has 0 atom stereocenters. The fraction of sp³-hybridized carbons (Fsp3) is 0.0556. The van der Waals surface area contributed by atoms with Crippen LogP contribution in [0.1, 0.15) is 16.8 Å². The Balaban J connectivity index is 2.24. The van der Waals surface area contributed by atoms with E-state index < -0.39 is 23.3 Å². The number of nitrogens with zero attached hydrogens (tertiary/aromatic N) is 3. The molecule has 4 N–H and O–H groups in total.